The van der Waals surface area contributed by atoms with E-state index in [2.05, 4.69) is 0 Å². The maximum atomic E-state index is 12.5. The molecule has 5 nitrogen and oxygen atoms in total. The van der Waals surface area contributed by atoms with Gasteiger partial charge in [0.2, 0.25) is 0 Å². The summed E-state index contributed by atoms with van der Waals surface area (Å²) in [6.07, 6.45) is -10.4. The van der Waals surface area contributed by atoms with Crippen molar-refractivity contribution in [3.05, 3.63) is 0 Å². The van der Waals surface area contributed by atoms with E-state index in [0.29, 0.717) is 0 Å². The highest BCUT2D eigenvalue weighted by Crippen LogP contribution is 2.26. The molecular formula is C13H20F6N3O2+. The molecule has 2 amide bonds. The third-order valence-electron chi connectivity index (χ3n) is 3.83. The van der Waals surface area contributed by atoms with Crippen LogP contribution in [0.4, 0.5) is 26.3 Å². The number of alkyl halides is 6. The van der Waals surface area contributed by atoms with E-state index in [4.69, 9.17) is 0 Å². The van der Waals surface area contributed by atoms with Gasteiger partial charge in [0.05, 0.1) is 11.6 Å². The van der Waals surface area contributed by atoms with Crippen molar-refractivity contribution in [1.82, 2.24) is 10.6 Å². The summed E-state index contributed by atoms with van der Waals surface area (Å²) in [4.78, 5) is 22.4. The number of halogens is 6. The van der Waals surface area contributed by atoms with Gasteiger partial charge in [-0.3, -0.25) is 9.59 Å². The van der Waals surface area contributed by atoms with Crippen molar-refractivity contribution in [1.29, 1.82) is 0 Å². The first-order chi connectivity index (χ1) is 10.5. The van der Waals surface area contributed by atoms with Crippen LogP contribution in [0.1, 0.15) is 34.1 Å². The van der Waals surface area contributed by atoms with E-state index in [1.165, 1.54) is 13.8 Å². The number of nitrogens with one attached hydrogen (secondary N) is 2. The highest BCUT2D eigenvalue weighted by atomic mass is 19.4. The SMILES string of the molecule is CC1(C)C[C@H](NC(=O)C(F)(F)F)[C@H](NC(=O)C(F)(F)F)C(C)(C)[NH2+]1. The molecule has 4 N–H and O–H groups in total. The fourth-order valence-corrected chi connectivity index (χ4v) is 3.25. The molecule has 0 aliphatic carbocycles. The Balaban J connectivity index is 3.11. The van der Waals surface area contributed by atoms with E-state index in [1.807, 2.05) is 0 Å². The zero-order valence-electron chi connectivity index (χ0n) is 13.5. The van der Waals surface area contributed by atoms with Crippen molar-refractivity contribution in [3.63, 3.8) is 0 Å². The molecule has 140 valence electrons. The van der Waals surface area contributed by atoms with Gasteiger partial charge in [0.1, 0.15) is 11.6 Å². The summed E-state index contributed by atoms with van der Waals surface area (Å²) < 4.78 is 74.9. The largest absolute Gasteiger partial charge is 0.471 e. The Bertz CT molecular complexity index is 513. The molecule has 24 heavy (non-hydrogen) atoms. The van der Waals surface area contributed by atoms with Crippen LogP contribution in [-0.4, -0.2) is 47.3 Å². The van der Waals surface area contributed by atoms with Gasteiger partial charge in [-0.2, -0.15) is 26.3 Å². The van der Waals surface area contributed by atoms with Gasteiger partial charge in [-0.15, -0.1) is 0 Å². The summed E-state index contributed by atoms with van der Waals surface area (Å²) in [5.41, 5.74) is -1.72. The predicted octanol–water partition coefficient (Wildman–Crippen LogP) is 0.605. The van der Waals surface area contributed by atoms with E-state index >= 15 is 0 Å². The average Bonchev–Trinajstić information content (AvgIpc) is 2.28. The van der Waals surface area contributed by atoms with Crippen molar-refractivity contribution in [3.8, 4) is 0 Å². The molecule has 2 atom stereocenters. The lowest BCUT2D eigenvalue weighted by molar-refractivity contribution is -0.790. The Kier molecular flexibility index (Phi) is 5.20. The second kappa shape index (κ2) is 6.08. The Morgan fingerprint density at radius 1 is 0.917 bits per heavy atom. The van der Waals surface area contributed by atoms with Crippen LogP contribution in [0.25, 0.3) is 0 Å². The zero-order valence-corrected chi connectivity index (χ0v) is 13.5. The number of hydrogen-bond acceptors (Lipinski definition) is 2. The van der Waals surface area contributed by atoms with E-state index in [0.717, 1.165) is 0 Å². The first kappa shape index (κ1) is 20.5. The van der Waals surface area contributed by atoms with Crippen molar-refractivity contribution < 1.29 is 41.2 Å². The lowest BCUT2D eigenvalue weighted by atomic mass is 9.75. The number of carbonyl (C=O) groups excluding carboxylic acids is 2. The van der Waals surface area contributed by atoms with Gasteiger partial charge in [-0.25, -0.2) is 0 Å². The molecule has 0 saturated carbocycles. The number of carbonyl (C=O) groups is 2. The van der Waals surface area contributed by atoms with Crippen molar-refractivity contribution >= 4 is 11.8 Å². The Morgan fingerprint density at radius 3 is 1.75 bits per heavy atom. The third-order valence-corrected chi connectivity index (χ3v) is 3.83. The van der Waals surface area contributed by atoms with Crippen LogP contribution >= 0.6 is 0 Å². The normalized spacial score (nSPS) is 26.6. The van der Waals surface area contributed by atoms with Crippen molar-refractivity contribution in [2.75, 3.05) is 0 Å². The maximum Gasteiger partial charge on any atom is 0.471 e. The van der Waals surface area contributed by atoms with E-state index < -0.39 is 47.3 Å². The molecule has 0 unspecified atom stereocenters. The maximum absolute atomic E-state index is 12.5. The number of piperidine rings is 1. The van der Waals surface area contributed by atoms with Gasteiger partial charge in [0.25, 0.3) is 0 Å². The van der Waals surface area contributed by atoms with Crippen molar-refractivity contribution in [2.24, 2.45) is 0 Å². The van der Waals surface area contributed by atoms with Crippen LogP contribution in [0.15, 0.2) is 0 Å². The van der Waals surface area contributed by atoms with Crippen LogP contribution in [-0.2, 0) is 9.59 Å². The molecule has 1 heterocycles. The Morgan fingerprint density at radius 2 is 1.33 bits per heavy atom. The standard InChI is InChI=1S/C13H19F6N3O2/c1-10(2)5-6(20-8(23)12(14,15)16)7(11(3,4)22-10)21-9(24)13(17,18)19/h6-7,22H,5H2,1-4H3,(H,20,23)(H,21,24)/p+1/t6-,7-/m0/s1. The molecule has 0 radical (unpaired) electrons. The Hall–Kier alpha value is -1.52. The summed E-state index contributed by atoms with van der Waals surface area (Å²) in [6.45, 7) is 6.34. The number of amides is 2. The minimum Gasteiger partial charge on any atom is -0.343 e. The summed E-state index contributed by atoms with van der Waals surface area (Å²) in [5.74, 6) is -4.52. The molecule has 1 aliphatic rings. The van der Waals surface area contributed by atoms with Crippen LogP contribution in [0, 0.1) is 0 Å². The van der Waals surface area contributed by atoms with Crippen LogP contribution in [0.3, 0.4) is 0 Å². The minimum atomic E-state index is -5.18. The quantitative estimate of drug-likeness (QED) is 0.628. The highest BCUT2D eigenvalue weighted by Gasteiger charge is 2.54. The summed E-state index contributed by atoms with van der Waals surface area (Å²) in [6, 6.07) is -2.65. The molecule has 0 aromatic carbocycles. The van der Waals surface area contributed by atoms with Gasteiger partial charge in [0.15, 0.2) is 0 Å². The van der Waals surface area contributed by atoms with Crippen LogP contribution in [0.5, 0.6) is 0 Å². The summed E-state index contributed by atoms with van der Waals surface area (Å²) in [7, 11) is 0. The first-order valence-corrected chi connectivity index (χ1v) is 7.08. The molecule has 0 spiro atoms. The van der Waals surface area contributed by atoms with Crippen molar-refractivity contribution in [2.45, 2.75) is 69.6 Å². The number of quaternary nitrogens is 1. The monoisotopic (exact) mass is 364 g/mol. The summed E-state index contributed by atoms with van der Waals surface area (Å²) >= 11 is 0. The van der Waals surface area contributed by atoms with E-state index in [-0.39, 0.29) is 6.42 Å². The fraction of sp³-hybridized carbons (Fsp3) is 0.846. The third kappa shape index (κ3) is 4.99. The molecule has 0 aromatic heterocycles. The topological polar surface area (TPSA) is 74.8 Å². The number of rotatable bonds is 2. The first-order valence-electron chi connectivity index (χ1n) is 7.08. The molecular weight excluding hydrogens is 344 g/mol. The van der Waals surface area contributed by atoms with E-state index in [1.54, 1.807) is 29.8 Å². The molecule has 1 aliphatic heterocycles. The molecule has 0 bridgehead atoms. The molecule has 1 saturated heterocycles. The zero-order chi connectivity index (χ0) is 19.1. The van der Waals surface area contributed by atoms with Crippen LogP contribution in [0.2, 0.25) is 0 Å². The number of nitrogens with two attached hydrogens (primary N) is 1. The smallest absolute Gasteiger partial charge is 0.343 e. The minimum absolute atomic E-state index is 0.0545. The lowest BCUT2D eigenvalue weighted by Crippen LogP contribution is -3.10. The van der Waals surface area contributed by atoms with Gasteiger partial charge in [-0.1, -0.05) is 0 Å². The molecule has 11 heteroatoms. The molecule has 1 rings (SSSR count). The van der Waals surface area contributed by atoms with Crippen LogP contribution < -0.4 is 16.0 Å². The van der Waals surface area contributed by atoms with Gasteiger partial charge >= 0.3 is 24.2 Å². The highest BCUT2D eigenvalue weighted by molar-refractivity contribution is 5.83. The fourth-order valence-electron chi connectivity index (χ4n) is 3.25. The predicted molar refractivity (Wildman–Crippen MR) is 70.7 cm³/mol. The Labute approximate surface area is 134 Å². The second-order valence-corrected chi connectivity index (χ2v) is 7.19. The molecule has 1 fully saturated rings. The second-order valence-electron chi connectivity index (χ2n) is 7.19. The average molecular weight is 364 g/mol. The lowest BCUT2D eigenvalue weighted by Gasteiger charge is -2.48. The van der Waals surface area contributed by atoms with E-state index in [9.17, 15) is 35.9 Å². The van der Waals surface area contributed by atoms with Gasteiger partial charge in [-0.05, 0) is 27.7 Å². The number of hydrogen-bond donors (Lipinski definition) is 3. The van der Waals surface area contributed by atoms with Gasteiger partial charge < -0.3 is 16.0 Å². The summed E-state index contributed by atoms with van der Waals surface area (Å²) in [5, 5.41) is 5.09. The molecule has 0 aromatic rings. The van der Waals surface area contributed by atoms with Gasteiger partial charge in [0, 0.05) is 6.42 Å².